The molecule has 4 rings (SSSR count). The number of anilines is 1. The molecule has 3 aromatic heterocycles. The minimum absolute atomic E-state index is 0.672. The molecule has 0 atom stereocenters. The van der Waals surface area contributed by atoms with Crippen molar-refractivity contribution >= 4 is 39.1 Å². The summed E-state index contributed by atoms with van der Waals surface area (Å²) in [4.78, 5) is 18.7. The number of nitrogens with zero attached hydrogens (tertiary/aromatic N) is 4. The molecule has 1 aliphatic heterocycles. The molecular formula is C17H19N5S2. The monoisotopic (exact) mass is 357 g/mol. The maximum atomic E-state index is 4.74. The fourth-order valence-corrected chi connectivity index (χ4v) is 4.72. The summed E-state index contributed by atoms with van der Waals surface area (Å²) in [5.41, 5.74) is 2.43. The second-order valence-corrected chi connectivity index (χ2v) is 7.76. The highest BCUT2D eigenvalue weighted by Gasteiger charge is 2.23. The molecule has 0 radical (unpaired) electrons. The fourth-order valence-electron chi connectivity index (χ4n) is 3.00. The molecule has 24 heavy (non-hydrogen) atoms. The summed E-state index contributed by atoms with van der Waals surface area (Å²) in [5, 5.41) is 5.52. The van der Waals surface area contributed by atoms with Gasteiger partial charge in [0.15, 0.2) is 5.16 Å². The highest BCUT2D eigenvalue weighted by atomic mass is 32.2. The first-order valence-corrected chi connectivity index (χ1v) is 9.97. The number of pyridine rings is 1. The second kappa shape index (κ2) is 6.66. The van der Waals surface area contributed by atoms with Crippen molar-refractivity contribution in [3.05, 3.63) is 40.5 Å². The van der Waals surface area contributed by atoms with Crippen molar-refractivity contribution in [2.75, 3.05) is 25.2 Å². The minimum atomic E-state index is 0.672. The summed E-state index contributed by atoms with van der Waals surface area (Å²) in [7, 11) is 2.17. The Balaban J connectivity index is 1.75. The van der Waals surface area contributed by atoms with Crippen molar-refractivity contribution in [1.82, 2.24) is 19.9 Å². The van der Waals surface area contributed by atoms with Gasteiger partial charge in [-0.1, -0.05) is 17.8 Å². The Labute approximate surface area is 149 Å². The fraction of sp³-hybridized carbons (Fsp3) is 0.353. The first kappa shape index (κ1) is 15.8. The summed E-state index contributed by atoms with van der Waals surface area (Å²) < 4.78 is 0. The van der Waals surface area contributed by atoms with Crippen molar-refractivity contribution in [3.63, 3.8) is 0 Å². The van der Waals surface area contributed by atoms with Crippen LogP contribution in [0.3, 0.4) is 0 Å². The van der Waals surface area contributed by atoms with Crippen molar-refractivity contribution in [1.29, 1.82) is 0 Å². The molecule has 0 fully saturated rings. The summed E-state index contributed by atoms with van der Waals surface area (Å²) >= 11 is 3.39. The average molecular weight is 358 g/mol. The lowest BCUT2D eigenvalue weighted by atomic mass is 10.1. The van der Waals surface area contributed by atoms with Gasteiger partial charge in [0, 0.05) is 24.2 Å². The summed E-state index contributed by atoms with van der Waals surface area (Å²) in [6, 6.07) is 5.97. The van der Waals surface area contributed by atoms with E-state index in [0.29, 0.717) is 6.54 Å². The van der Waals surface area contributed by atoms with Gasteiger partial charge in [0.05, 0.1) is 17.6 Å². The van der Waals surface area contributed by atoms with Crippen LogP contribution in [0.25, 0.3) is 10.2 Å². The lowest BCUT2D eigenvalue weighted by Crippen LogP contribution is -2.25. The van der Waals surface area contributed by atoms with Gasteiger partial charge in [0.25, 0.3) is 0 Å². The van der Waals surface area contributed by atoms with E-state index in [4.69, 9.17) is 9.97 Å². The van der Waals surface area contributed by atoms with E-state index in [1.165, 1.54) is 15.8 Å². The van der Waals surface area contributed by atoms with Gasteiger partial charge in [-0.25, -0.2) is 9.97 Å². The number of rotatable bonds is 4. The zero-order valence-corrected chi connectivity index (χ0v) is 15.4. The maximum absolute atomic E-state index is 4.74. The normalized spacial score (nSPS) is 14.8. The first-order chi connectivity index (χ1) is 11.7. The quantitative estimate of drug-likeness (QED) is 0.570. The number of hydrogen-bond acceptors (Lipinski definition) is 7. The van der Waals surface area contributed by atoms with E-state index in [-0.39, 0.29) is 0 Å². The molecule has 7 heteroatoms. The summed E-state index contributed by atoms with van der Waals surface area (Å²) in [5.74, 6) is 0.942. The van der Waals surface area contributed by atoms with Crippen LogP contribution in [0.1, 0.15) is 16.1 Å². The van der Waals surface area contributed by atoms with Crippen LogP contribution in [0.4, 0.5) is 5.82 Å². The van der Waals surface area contributed by atoms with E-state index in [1.807, 2.05) is 42.0 Å². The Kier molecular flexibility index (Phi) is 4.39. The third-order valence-corrected chi connectivity index (χ3v) is 5.87. The lowest BCUT2D eigenvalue weighted by molar-refractivity contribution is 0.318. The Morgan fingerprint density at radius 2 is 2.25 bits per heavy atom. The molecule has 124 valence electrons. The van der Waals surface area contributed by atoms with E-state index < -0.39 is 0 Å². The van der Waals surface area contributed by atoms with Crippen LogP contribution in [0.15, 0.2) is 29.6 Å². The molecule has 0 spiro atoms. The number of thioether (sulfide) groups is 1. The molecule has 0 amide bonds. The zero-order valence-electron chi connectivity index (χ0n) is 13.7. The van der Waals surface area contributed by atoms with Crippen molar-refractivity contribution < 1.29 is 0 Å². The molecule has 3 aromatic rings. The van der Waals surface area contributed by atoms with Gasteiger partial charge in [-0.05, 0) is 37.4 Å². The van der Waals surface area contributed by atoms with E-state index in [1.54, 1.807) is 11.8 Å². The first-order valence-electron chi connectivity index (χ1n) is 7.93. The van der Waals surface area contributed by atoms with Crippen molar-refractivity contribution in [3.8, 4) is 0 Å². The van der Waals surface area contributed by atoms with E-state index >= 15 is 0 Å². The number of likely N-dealkylation sites (N-methyl/N-ethyl adjacent to an activating group) is 1. The predicted molar refractivity (Wildman–Crippen MR) is 101 cm³/mol. The largest absolute Gasteiger partial charge is 0.364 e. The van der Waals surface area contributed by atoms with E-state index in [0.717, 1.165) is 41.0 Å². The number of nitrogens with one attached hydrogen (secondary N) is 1. The van der Waals surface area contributed by atoms with Gasteiger partial charge in [0.1, 0.15) is 10.6 Å². The molecular weight excluding hydrogens is 338 g/mol. The molecule has 0 aliphatic carbocycles. The highest BCUT2D eigenvalue weighted by Crippen LogP contribution is 2.38. The van der Waals surface area contributed by atoms with Crippen LogP contribution in [-0.2, 0) is 19.5 Å². The van der Waals surface area contributed by atoms with Gasteiger partial charge in [0.2, 0.25) is 0 Å². The average Bonchev–Trinajstić information content (AvgIpc) is 2.97. The topological polar surface area (TPSA) is 53.9 Å². The molecule has 5 nitrogen and oxygen atoms in total. The molecule has 0 aromatic carbocycles. The van der Waals surface area contributed by atoms with Crippen LogP contribution in [0, 0.1) is 0 Å². The molecule has 0 saturated heterocycles. The van der Waals surface area contributed by atoms with Gasteiger partial charge >= 0.3 is 0 Å². The highest BCUT2D eigenvalue weighted by molar-refractivity contribution is 7.98. The lowest BCUT2D eigenvalue weighted by Gasteiger charge is -2.22. The molecule has 0 bridgehead atoms. The maximum Gasteiger partial charge on any atom is 0.190 e. The van der Waals surface area contributed by atoms with Crippen LogP contribution >= 0.6 is 23.1 Å². The number of thiophene rings is 1. The van der Waals surface area contributed by atoms with E-state index in [2.05, 4.69) is 22.2 Å². The Morgan fingerprint density at radius 3 is 3.04 bits per heavy atom. The zero-order chi connectivity index (χ0) is 16.5. The van der Waals surface area contributed by atoms with Gasteiger partial charge < -0.3 is 10.2 Å². The van der Waals surface area contributed by atoms with Crippen LogP contribution in [0.2, 0.25) is 0 Å². The van der Waals surface area contributed by atoms with Crippen molar-refractivity contribution in [2.24, 2.45) is 0 Å². The van der Waals surface area contributed by atoms with Gasteiger partial charge in [-0.2, -0.15) is 0 Å². The smallest absolute Gasteiger partial charge is 0.190 e. The third-order valence-electron chi connectivity index (χ3n) is 4.22. The van der Waals surface area contributed by atoms with Crippen molar-refractivity contribution in [2.45, 2.75) is 24.7 Å². The molecule has 1 N–H and O–H groups in total. The minimum Gasteiger partial charge on any atom is -0.364 e. The Hall–Kier alpha value is -1.70. The molecule has 4 heterocycles. The number of fused-ring (bicyclic) bond motifs is 3. The molecule has 0 unspecified atom stereocenters. The van der Waals surface area contributed by atoms with E-state index in [9.17, 15) is 0 Å². The number of aromatic nitrogens is 3. The van der Waals surface area contributed by atoms with Crippen LogP contribution in [0.5, 0.6) is 0 Å². The second-order valence-electron chi connectivity index (χ2n) is 5.91. The SMILES string of the molecule is CSc1nc(NCc2ccccn2)c2c3c(sc2n1)CN(C)CC3. The Bertz CT molecular complexity index is 862. The Morgan fingerprint density at radius 1 is 1.33 bits per heavy atom. The van der Waals surface area contributed by atoms with Gasteiger partial charge in [-0.15, -0.1) is 11.3 Å². The van der Waals surface area contributed by atoms with Crippen LogP contribution < -0.4 is 5.32 Å². The van der Waals surface area contributed by atoms with Crippen LogP contribution in [-0.4, -0.2) is 39.7 Å². The summed E-state index contributed by atoms with van der Waals surface area (Å²) in [6.45, 7) is 2.76. The molecule has 0 saturated carbocycles. The number of hydrogen-bond donors (Lipinski definition) is 1. The molecule has 1 aliphatic rings. The standard InChI is InChI=1S/C17H19N5S2/c1-22-8-6-12-13(10-22)24-16-14(12)15(20-17(21-16)23-2)19-9-11-5-3-4-7-18-11/h3-5,7H,6,8-10H2,1-2H3,(H,19,20,21). The predicted octanol–water partition coefficient (Wildman–Crippen LogP) is 3.41. The summed E-state index contributed by atoms with van der Waals surface area (Å²) in [6.07, 6.45) is 4.90. The van der Waals surface area contributed by atoms with Gasteiger partial charge in [-0.3, -0.25) is 4.98 Å². The third kappa shape index (κ3) is 2.99.